The van der Waals surface area contributed by atoms with Crippen LogP contribution in [0.25, 0.3) is 0 Å². The Morgan fingerprint density at radius 3 is 2.30 bits per heavy atom. The van der Waals surface area contributed by atoms with Gasteiger partial charge in [-0.1, -0.05) is 28.9 Å². The number of amides is 2. The van der Waals surface area contributed by atoms with E-state index in [0.717, 1.165) is 10.9 Å². The van der Waals surface area contributed by atoms with Crippen molar-refractivity contribution >= 4 is 27.7 Å². The molecule has 0 saturated heterocycles. The molecule has 0 unspecified atom stereocenters. The van der Waals surface area contributed by atoms with E-state index in [-0.39, 0.29) is 5.91 Å². The number of carbonyl (C=O) groups excluding carboxylic acids is 2. The van der Waals surface area contributed by atoms with Gasteiger partial charge in [0.2, 0.25) is 0 Å². The summed E-state index contributed by atoms with van der Waals surface area (Å²) in [6.45, 7) is 2.60. The fraction of sp³-hybridized carbons (Fsp3) is 0.176. The van der Waals surface area contributed by atoms with E-state index < -0.39 is 5.91 Å². The minimum Gasteiger partial charge on any atom is -0.494 e. The van der Waals surface area contributed by atoms with E-state index in [9.17, 15) is 9.59 Å². The molecule has 0 aliphatic rings. The molecule has 2 aromatic carbocycles. The van der Waals surface area contributed by atoms with Crippen molar-refractivity contribution in [3.8, 4) is 5.75 Å². The highest BCUT2D eigenvalue weighted by molar-refractivity contribution is 9.10. The number of carbonyl (C=O) groups is 2. The SMILES string of the molecule is CCCOc1cccc(C(=O)NNC(=O)c2ccc(Br)cc2)c1. The lowest BCUT2D eigenvalue weighted by Crippen LogP contribution is -2.41. The van der Waals surface area contributed by atoms with Crippen LogP contribution < -0.4 is 15.6 Å². The molecule has 2 rings (SSSR count). The maximum absolute atomic E-state index is 12.1. The van der Waals surface area contributed by atoms with Gasteiger partial charge in [-0.05, 0) is 48.9 Å². The standard InChI is InChI=1S/C17H17BrN2O3/c1-2-10-23-15-5-3-4-13(11-15)17(22)20-19-16(21)12-6-8-14(18)9-7-12/h3-9,11H,2,10H2,1H3,(H,19,21)(H,20,22). The van der Waals surface area contributed by atoms with Gasteiger partial charge in [-0.25, -0.2) is 0 Å². The van der Waals surface area contributed by atoms with Gasteiger partial charge in [-0.3, -0.25) is 20.4 Å². The normalized spacial score (nSPS) is 10.0. The maximum Gasteiger partial charge on any atom is 0.269 e. The molecule has 0 saturated carbocycles. The second-order valence-electron chi connectivity index (χ2n) is 4.79. The van der Waals surface area contributed by atoms with Crippen LogP contribution in [0.1, 0.15) is 34.1 Å². The number of halogens is 1. The summed E-state index contributed by atoms with van der Waals surface area (Å²) < 4.78 is 6.36. The molecule has 0 aliphatic heterocycles. The topological polar surface area (TPSA) is 67.4 Å². The number of hydrogen-bond donors (Lipinski definition) is 2. The monoisotopic (exact) mass is 376 g/mol. The lowest BCUT2D eigenvalue weighted by Gasteiger charge is -2.09. The van der Waals surface area contributed by atoms with Gasteiger partial charge in [0.15, 0.2) is 0 Å². The van der Waals surface area contributed by atoms with Crippen molar-refractivity contribution in [1.82, 2.24) is 10.9 Å². The van der Waals surface area contributed by atoms with Crippen LogP contribution in [0.5, 0.6) is 5.75 Å². The Morgan fingerprint density at radius 2 is 1.65 bits per heavy atom. The van der Waals surface area contributed by atoms with Crippen molar-refractivity contribution < 1.29 is 14.3 Å². The molecule has 120 valence electrons. The zero-order chi connectivity index (χ0) is 16.7. The third-order valence-corrected chi connectivity index (χ3v) is 3.49. The number of rotatable bonds is 5. The first-order valence-electron chi connectivity index (χ1n) is 7.19. The Balaban J connectivity index is 1.94. The molecule has 0 spiro atoms. The summed E-state index contributed by atoms with van der Waals surface area (Å²) in [6, 6.07) is 13.6. The molecular weight excluding hydrogens is 360 g/mol. The van der Waals surface area contributed by atoms with Gasteiger partial charge in [0, 0.05) is 15.6 Å². The molecule has 0 atom stereocenters. The van der Waals surface area contributed by atoms with Crippen molar-refractivity contribution in [3.05, 3.63) is 64.1 Å². The minimum absolute atomic E-state index is 0.385. The van der Waals surface area contributed by atoms with E-state index in [1.54, 1.807) is 48.5 Å². The predicted molar refractivity (Wildman–Crippen MR) is 91.3 cm³/mol. The Hall–Kier alpha value is -2.34. The van der Waals surface area contributed by atoms with Gasteiger partial charge in [0.1, 0.15) is 5.75 Å². The zero-order valence-electron chi connectivity index (χ0n) is 12.6. The summed E-state index contributed by atoms with van der Waals surface area (Å²) in [7, 11) is 0. The molecule has 0 bridgehead atoms. The van der Waals surface area contributed by atoms with Crippen LogP contribution >= 0.6 is 15.9 Å². The Kier molecular flexibility index (Phi) is 6.17. The molecule has 2 aromatic rings. The van der Waals surface area contributed by atoms with E-state index in [4.69, 9.17) is 4.74 Å². The average Bonchev–Trinajstić information content (AvgIpc) is 2.58. The summed E-state index contributed by atoms with van der Waals surface area (Å²) in [4.78, 5) is 24.0. The molecule has 5 nitrogen and oxygen atoms in total. The number of nitrogens with one attached hydrogen (secondary N) is 2. The number of hydrazine groups is 1. The Morgan fingerprint density at radius 1 is 1.00 bits per heavy atom. The van der Waals surface area contributed by atoms with Crippen molar-refractivity contribution in [2.75, 3.05) is 6.61 Å². The Labute approximate surface area is 143 Å². The molecule has 2 amide bonds. The predicted octanol–water partition coefficient (Wildman–Crippen LogP) is 3.31. The van der Waals surface area contributed by atoms with Crippen LogP contribution in [0.2, 0.25) is 0 Å². The summed E-state index contributed by atoms with van der Waals surface area (Å²) in [6.07, 6.45) is 0.889. The van der Waals surface area contributed by atoms with Gasteiger partial charge < -0.3 is 4.74 Å². The van der Waals surface area contributed by atoms with E-state index in [1.807, 2.05) is 6.92 Å². The summed E-state index contributed by atoms with van der Waals surface area (Å²) in [5.41, 5.74) is 5.64. The number of benzene rings is 2. The molecule has 2 N–H and O–H groups in total. The zero-order valence-corrected chi connectivity index (χ0v) is 14.2. The molecular formula is C17H17BrN2O3. The van der Waals surface area contributed by atoms with Gasteiger partial charge >= 0.3 is 0 Å². The summed E-state index contributed by atoms with van der Waals surface area (Å²) in [5, 5.41) is 0. The van der Waals surface area contributed by atoms with Crippen molar-refractivity contribution in [1.29, 1.82) is 0 Å². The largest absolute Gasteiger partial charge is 0.494 e. The highest BCUT2D eigenvalue weighted by Gasteiger charge is 2.09. The van der Waals surface area contributed by atoms with Gasteiger partial charge in [0.05, 0.1) is 6.61 Å². The summed E-state index contributed by atoms with van der Waals surface area (Å²) in [5.74, 6) is -0.166. The third-order valence-electron chi connectivity index (χ3n) is 2.97. The van der Waals surface area contributed by atoms with E-state index in [0.29, 0.717) is 23.5 Å². The van der Waals surface area contributed by atoms with Crippen molar-refractivity contribution in [2.45, 2.75) is 13.3 Å². The Bertz CT molecular complexity index is 686. The van der Waals surface area contributed by atoms with Crippen molar-refractivity contribution in [3.63, 3.8) is 0 Å². The van der Waals surface area contributed by atoms with E-state index >= 15 is 0 Å². The second kappa shape index (κ2) is 8.33. The maximum atomic E-state index is 12.1. The second-order valence-corrected chi connectivity index (χ2v) is 5.71. The lowest BCUT2D eigenvalue weighted by molar-refractivity contribution is 0.0846. The van der Waals surface area contributed by atoms with Gasteiger partial charge in [-0.15, -0.1) is 0 Å². The fourth-order valence-electron chi connectivity index (χ4n) is 1.81. The van der Waals surface area contributed by atoms with Gasteiger partial charge in [-0.2, -0.15) is 0 Å². The van der Waals surface area contributed by atoms with Crippen LogP contribution in [0, 0.1) is 0 Å². The van der Waals surface area contributed by atoms with Crippen molar-refractivity contribution in [2.24, 2.45) is 0 Å². The first-order chi connectivity index (χ1) is 11.1. The molecule has 0 fully saturated rings. The summed E-state index contributed by atoms with van der Waals surface area (Å²) >= 11 is 3.30. The highest BCUT2D eigenvalue weighted by atomic mass is 79.9. The van der Waals surface area contributed by atoms with E-state index in [1.165, 1.54) is 0 Å². The quantitative estimate of drug-likeness (QED) is 0.786. The van der Waals surface area contributed by atoms with Gasteiger partial charge in [0.25, 0.3) is 11.8 Å². The van der Waals surface area contributed by atoms with Crippen LogP contribution in [-0.4, -0.2) is 18.4 Å². The molecule has 0 aliphatic carbocycles. The highest BCUT2D eigenvalue weighted by Crippen LogP contribution is 2.13. The minimum atomic E-state index is -0.405. The van der Waals surface area contributed by atoms with E-state index in [2.05, 4.69) is 26.8 Å². The van der Waals surface area contributed by atoms with Crippen LogP contribution in [-0.2, 0) is 0 Å². The average molecular weight is 377 g/mol. The lowest BCUT2D eigenvalue weighted by atomic mass is 10.2. The fourth-order valence-corrected chi connectivity index (χ4v) is 2.07. The third kappa shape index (κ3) is 5.10. The smallest absolute Gasteiger partial charge is 0.269 e. The molecule has 23 heavy (non-hydrogen) atoms. The van der Waals surface area contributed by atoms with Crippen LogP contribution in [0.4, 0.5) is 0 Å². The molecule has 0 aromatic heterocycles. The number of ether oxygens (including phenoxy) is 1. The molecule has 0 heterocycles. The van der Waals surface area contributed by atoms with Crippen LogP contribution in [0.15, 0.2) is 53.0 Å². The first-order valence-corrected chi connectivity index (χ1v) is 7.98. The van der Waals surface area contributed by atoms with Crippen LogP contribution in [0.3, 0.4) is 0 Å². The first kappa shape index (κ1) is 17.0. The molecule has 6 heteroatoms. The molecule has 0 radical (unpaired) electrons. The number of hydrogen-bond acceptors (Lipinski definition) is 3.